The molecular weight excluding hydrogens is 424 g/mol. The summed E-state index contributed by atoms with van der Waals surface area (Å²) in [7, 11) is 1.57. The summed E-state index contributed by atoms with van der Waals surface area (Å²) < 4.78 is 18.4. The van der Waals surface area contributed by atoms with Crippen molar-refractivity contribution in [2.75, 3.05) is 13.7 Å². The van der Waals surface area contributed by atoms with Gasteiger partial charge < -0.3 is 18.5 Å². The fourth-order valence-corrected chi connectivity index (χ4v) is 3.69. The summed E-state index contributed by atoms with van der Waals surface area (Å²) >= 11 is 4.43. The van der Waals surface area contributed by atoms with E-state index >= 15 is 0 Å². The van der Waals surface area contributed by atoms with Gasteiger partial charge in [0.2, 0.25) is 0 Å². The van der Waals surface area contributed by atoms with Crippen LogP contribution in [-0.4, -0.2) is 30.2 Å². The number of fused-ring (bicyclic) bond motifs is 1. The van der Waals surface area contributed by atoms with E-state index in [2.05, 4.69) is 20.9 Å². The Labute approximate surface area is 161 Å². The Kier molecular flexibility index (Phi) is 5.58. The maximum Gasteiger partial charge on any atom is 0.326 e. The molecule has 0 saturated carbocycles. The van der Waals surface area contributed by atoms with Gasteiger partial charge in [0.1, 0.15) is 12.3 Å². The predicted molar refractivity (Wildman–Crippen MR) is 99.3 cm³/mol. The number of esters is 1. The van der Waals surface area contributed by atoms with E-state index in [-0.39, 0.29) is 18.9 Å². The number of carbonyl (C=O) groups is 2. The second-order valence-electron chi connectivity index (χ2n) is 5.13. The van der Waals surface area contributed by atoms with Crippen molar-refractivity contribution in [2.45, 2.75) is 13.5 Å². The molecule has 1 amide bonds. The Morgan fingerprint density at radius 2 is 2.12 bits per heavy atom. The van der Waals surface area contributed by atoms with Crippen LogP contribution in [0.5, 0.6) is 5.75 Å². The van der Waals surface area contributed by atoms with Gasteiger partial charge in [-0.2, -0.15) is 4.99 Å². The molecule has 0 aliphatic carbocycles. The number of rotatable bonds is 5. The summed E-state index contributed by atoms with van der Waals surface area (Å²) in [6, 6.07) is 8.57. The van der Waals surface area contributed by atoms with Gasteiger partial charge >= 0.3 is 11.9 Å². The van der Waals surface area contributed by atoms with Crippen LogP contribution in [0, 0.1) is 0 Å². The molecule has 3 aromatic rings. The highest BCUT2D eigenvalue weighted by Gasteiger charge is 2.15. The molecule has 0 fully saturated rings. The molecule has 26 heavy (non-hydrogen) atoms. The standard InChI is InChI=1S/C17H15BrN2O5S/c1-3-24-15(21)9-20-11-5-4-10(23-2)8-13(11)26-17(20)19-16(22)12-6-7-14(18)25-12/h4-8H,3,9H2,1-2H3. The maximum atomic E-state index is 12.4. The largest absolute Gasteiger partial charge is 0.497 e. The molecule has 0 N–H and O–H groups in total. The molecule has 1 aromatic carbocycles. The summed E-state index contributed by atoms with van der Waals surface area (Å²) in [5.41, 5.74) is 0.760. The van der Waals surface area contributed by atoms with Gasteiger partial charge in [0, 0.05) is 0 Å². The zero-order valence-corrected chi connectivity index (χ0v) is 16.4. The fourth-order valence-electron chi connectivity index (χ4n) is 2.33. The van der Waals surface area contributed by atoms with E-state index in [1.165, 1.54) is 17.4 Å². The Morgan fingerprint density at radius 3 is 2.77 bits per heavy atom. The molecule has 2 heterocycles. The number of benzene rings is 1. The van der Waals surface area contributed by atoms with Crippen molar-refractivity contribution in [3.05, 3.63) is 45.6 Å². The molecule has 0 aliphatic heterocycles. The van der Waals surface area contributed by atoms with Crippen LogP contribution in [0.1, 0.15) is 17.5 Å². The van der Waals surface area contributed by atoms with Gasteiger partial charge in [-0.15, -0.1) is 0 Å². The Balaban J connectivity index is 2.10. The van der Waals surface area contributed by atoms with Gasteiger partial charge in [0.15, 0.2) is 15.2 Å². The summed E-state index contributed by atoms with van der Waals surface area (Å²) in [6.07, 6.45) is 0. The van der Waals surface area contributed by atoms with Gasteiger partial charge in [0.25, 0.3) is 0 Å². The highest BCUT2D eigenvalue weighted by atomic mass is 79.9. The SMILES string of the molecule is CCOC(=O)Cn1c(=NC(=O)c2ccc(Br)o2)sc2cc(OC)ccc21. The minimum absolute atomic E-state index is 0.0475. The van der Waals surface area contributed by atoms with Crippen molar-refractivity contribution in [1.29, 1.82) is 0 Å². The molecule has 0 spiro atoms. The highest BCUT2D eigenvalue weighted by Crippen LogP contribution is 2.23. The smallest absolute Gasteiger partial charge is 0.326 e. The van der Waals surface area contributed by atoms with Crippen LogP contribution in [0.25, 0.3) is 10.2 Å². The zero-order chi connectivity index (χ0) is 18.7. The number of carbonyl (C=O) groups excluding carboxylic acids is 2. The first-order chi connectivity index (χ1) is 12.5. The Hall–Kier alpha value is -2.39. The highest BCUT2D eigenvalue weighted by molar-refractivity contribution is 9.10. The van der Waals surface area contributed by atoms with Crippen molar-refractivity contribution in [1.82, 2.24) is 4.57 Å². The molecule has 0 saturated heterocycles. The third-order valence-corrected chi connectivity index (χ3v) is 4.93. The van der Waals surface area contributed by atoms with Crippen LogP contribution in [0.2, 0.25) is 0 Å². The fraction of sp³-hybridized carbons (Fsp3) is 0.235. The molecule has 0 atom stereocenters. The number of amides is 1. The lowest BCUT2D eigenvalue weighted by Crippen LogP contribution is -2.23. The number of halogens is 1. The summed E-state index contributed by atoms with van der Waals surface area (Å²) in [4.78, 5) is 28.8. The second kappa shape index (κ2) is 7.88. The normalized spacial score (nSPS) is 11.7. The van der Waals surface area contributed by atoms with E-state index in [4.69, 9.17) is 13.9 Å². The van der Waals surface area contributed by atoms with E-state index in [9.17, 15) is 9.59 Å². The topological polar surface area (TPSA) is 83.0 Å². The lowest BCUT2D eigenvalue weighted by atomic mass is 10.3. The monoisotopic (exact) mass is 438 g/mol. The Morgan fingerprint density at radius 1 is 1.31 bits per heavy atom. The molecule has 136 valence electrons. The molecular formula is C17H15BrN2O5S. The lowest BCUT2D eigenvalue weighted by Gasteiger charge is -2.05. The minimum Gasteiger partial charge on any atom is -0.497 e. The van der Waals surface area contributed by atoms with Crippen LogP contribution in [0.3, 0.4) is 0 Å². The van der Waals surface area contributed by atoms with Gasteiger partial charge in [-0.1, -0.05) is 11.3 Å². The number of hydrogen-bond acceptors (Lipinski definition) is 6. The second-order valence-corrected chi connectivity index (χ2v) is 6.92. The third kappa shape index (κ3) is 3.88. The van der Waals surface area contributed by atoms with Crippen LogP contribution >= 0.6 is 27.3 Å². The number of methoxy groups -OCH3 is 1. The minimum atomic E-state index is -0.535. The molecule has 9 heteroatoms. The van der Waals surface area contributed by atoms with E-state index < -0.39 is 11.9 Å². The zero-order valence-electron chi connectivity index (χ0n) is 14.0. The third-order valence-electron chi connectivity index (χ3n) is 3.46. The van der Waals surface area contributed by atoms with Crippen molar-refractivity contribution in [2.24, 2.45) is 4.99 Å². The quantitative estimate of drug-likeness (QED) is 0.570. The van der Waals surface area contributed by atoms with Crippen LogP contribution in [0.4, 0.5) is 0 Å². The summed E-state index contributed by atoms with van der Waals surface area (Å²) in [6.45, 7) is 1.97. The van der Waals surface area contributed by atoms with E-state index in [1.807, 2.05) is 12.1 Å². The first-order valence-electron chi connectivity index (χ1n) is 7.69. The molecule has 3 rings (SSSR count). The first kappa shape index (κ1) is 18.4. The van der Waals surface area contributed by atoms with Gasteiger partial charge in [-0.25, -0.2) is 0 Å². The molecule has 2 aromatic heterocycles. The number of thiazole rings is 1. The van der Waals surface area contributed by atoms with E-state index in [1.54, 1.807) is 30.7 Å². The average molecular weight is 439 g/mol. The van der Waals surface area contributed by atoms with Gasteiger partial charge in [-0.05, 0) is 53.2 Å². The van der Waals surface area contributed by atoms with Crippen molar-refractivity contribution >= 4 is 49.4 Å². The number of furan rings is 1. The number of nitrogens with zero attached hydrogens (tertiary/aromatic N) is 2. The molecule has 0 radical (unpaired) electrons. The van der Waals surface area contributed by atoms with Crippen LogP contribution in [0.15, 0.2) is 44.4 Å². The number of ether oxygens (including phenoxy) is 2. The number of aromatic nitrogens is 1. The van der Waals surface area contributed by atoms with Gasteiger partial charge in [0.05, 0.1) is 23.9 Å². The van der Waals surface area contributed by atoms with E-state index in [0.29, 0.717) is 15.2 Å². The van der Waals surface area contributed by atoms with Gasteiger partial charge in [-0.3, -0.25) is 9.59 Å². The predicted octanol–water partition coefficient (Wildman–Crippen LogP) is 3.37. The molecule has 0 bridgehead atoms. The summed E-state index contributed by atoms with van der Waals surface area (Å²) in [5.74, 6) is -0.158. The van der Waals surface area contributed by atoms with Crippen LogP contribution < -0.4 is 9.54 Å². The van der Waals surface area contributed by atoms with Crippen molar-refractivity contribution < 1.29 is 23.5 Å². The molecule has 7 nitrogen and oxygen atoms in total. The van der Waals surface area contributed by atoms with Crippen molar-refractivity contribution in [3.63, 3.8) is 0 Å². The molecule has 0 aliphatic rings. The van der Waals surface area contributed by atoms with E-state index in [0.717, 1.165) is 10.2 Å². The number of hydrogen-bond donors (Lipinski definition) is 0. The summed E-state index contributed by atoms with van der Waals surface area (Å²) in [5, 5.41) is 0. The van der Waals surface area contributed by atoms with Crippen molar-refractivity contribution in [3.8, 4) is 5.75 Å². The Bertz CT molecular complexity index is 1030. The van der Waals surface area contributed by atoms with Crippen LogP contribution in [-0.2, 0) is 16.1 Å². The maximum absolute atomic E-state index is 12.4. The average Bonchev–Trinajstić information content (AvgIpc) is 3.19. The first-order valence-corrected chi connectivity index (χ1v) is 9.30. The molecule has 0 unspecified atom stereocenters. The lowest BCUT2D eigenvalue weighted by molar-refractivity contribution is -0.143.